The number of carbonyl (C=O) groups excluding carboxylic acids is 1. The van der Waals surface area contributed by atoms with Gasteiger partial charge in [-0.25, -0.2) is 0 Å². The first kappa shape index (κ1) is 15.7. The van der Waals surface area contributed by atoms with Crippen LogP contribution in [0.25, 0.3) is 23.0 Å². The van der Waals surface area contributed by atoms with Gasteiger partial charge in [0.1, 0.15) is 10.4 Å². The molecule has 0 saturated carbocycles. The first-order valence-electron chi connectivity index (χ1n) is 6.29. The minimum Gasteiger partial charge on any atom is -0.484 e. The molecule has 0 unspecified atom stereocenters. The third-order valence-corrected chi connectivity index (χ3v) is 4.67. The molecule has 23 heavy (non-hydrogen) atoms. The van der Waals surface area contributed by atoms with Crippen LogP contribution in [0.5, 0.6) is 5.75 Å². The Labute approximate surface area is 146 Å². The van der Waals surface area contributed by atoms with Crippen LogP contribution in [-0.4, -0.2) is 32.9 Å². The number of hydrogen-bond acceptors (Lipinski definition) is 6. The standard InChI is InChI=1S/C13H9Br2N5O3/c14-9-10(18-19-11(9)15)13-17-12(20-23-13)6-1-3-7(4-2-6)22-5-8(16)21/h1-4H,5H2,(H2,16,21)(H,18,19). The van der Waals surface area contributed by atoms with Gasteiger partial charge in [-0.3, -0.25) is 9.89 Å². The molecule has 0 atom stereocenters. The molecule has 1 aromatic carbocycles. The molecule has 0 saturated heterocycles. The van der Waals surface area contributed by atoms with Crippen molar-refractivity contribution >= 4 is 37.8 Å². The second-order valence-corrected chi connectivity index (χ2v) is 5.99. The van der Waals surface area contributed by atoms with Crippen LogP contribution in [0.15, 0.2) is 37.9 Å². The molecule has 0 radical (unpaired) electrons. The summed E-state index contributed by atoms with van der Waals surface area (Å²) in [4.78, 5) is 15.0. The number of primary amides is 1. The zero-order valence-corrected chi connectivity index (χ0v) is 14.6. The molecule has 10 heteroatoms. The molecule has 0 aliphatic rings. The Hall–Kier alpha value is -2.20. The first-order valence-corrected chi connectivity index (χ1v) is 7.88. The molecule has 118 valence electrons. The maximum Gasteiger partial charge on any atom is 0.279 e. The van der Waals surface area contributed by atoms with E-state index in [1.807, 2.05) is 0 Å². The lowest BCUT2D eigenvalue weighted by Crippen LogP contribution is -2.19. The second kappa shape index (κ2) is 6.50. The van der Waals surface area contributed by atoms with Gasteiger partial charge in [0.15, 0.2) is 12.3 Å². The summed E-state index contributed by atoms with van der Waals surface area (Å²) in [7, 11) is 0. The summed E-state index contributed by atoms with van der Waals surface area (Å²) < 4.78 is 11.8. The van der Waals surface area contributed by atoms with E-state index in [1.165, 1.54) is 0 Å². The van der Waals surface area contributed by atoms with Crippen molar-refractivity contribution in [2.45, 2.75) is 0 Å². The van der Waals surface area contributed by atoms with Gasteiger partial charge in [0.05, 0.1) is 4.47 Å². The predicted molar refractivity (Wildman–Crippen MR) is 87.4 cm³/mol. The quantitative estimate of drug-likeness (QED) is 0.626. The highest BCUT2D eigenvalue weighted by Gasteiger charge is 2.18. The zero-order chi connectivity index (χ0) is 16.4. The van der Waals surface area contributed by atoms with E-state index in [1.54, 1.807) is 24.3 Å². The van der Waals surface area contributed by atoms with E-state index < -0.39 is 5.91 Å². The van der Waals surface area contributed by atoms with E-state index in [2.05, 4.69) is 52.2 Å². The van der Waals surface area contributed by atoms with Crippen LogP contribution in [-0.2, 0) is 4.79 Å². The summed E-state index contributed by atoms with van der Waals surface area (Å²) >= 11 is 6.66. The zero-order valence-electron chi connectivity index (χ0n) is 11.4. The lowest BCUT2D eigenvalue weighted by molar-refractivity contribution is -0.119. The highest BCUT2D eigenvalue weighted by molar-refractivity contribution is 9.13. The summed E-state index contributed by atoms with van der Waals surface area (Å²) in [6, 6.07) is 6.88. The Bertz CT molecular complexity index is 844. The largest absolute Gasteiger partial charge is 0.484 e. The molecule has 1 amide bonds. The average Bonchev–Trinajstić information content (AvgIpc) is 3.14. The fraction of sp³-hybridized carbons (Fsp3) is 0.0769. The van der Waals surface area contributed by atoms with E-state index in [-0.39, 0.29) is 12.5 Å². The molecular formula is C13H9Br2N5O3. The van der Waals surface area contributed by atoms with E-state index in [0.717, 1.165) is 5.56 Å². The lowest BCUT2D eigenvalue weighted by atomic mass is 10.2. The topological polar surface area (TPSA) is 120 Å². The molecule has 0 aliphatic heterocycles. The minimum atomic E-state index is -0.535. The molecule has 0 fully saturated rings. The first-order chi connectivity index (χ1) is 11.0. The third kappa shape index (κ3) is 3.42. The molecule has 3 rings (SSSR count). The van der Waals surface area contributed by atoms with Gasteiger partial charge in [0, 0.05) is 5.56 Å². The van der Waals surface area contributed by atoms with Gasteiger partial charge in [-0.05, 0) is 56.1 Å². The van der Waals surface area contributed by atoms with Crippen molar-refractivity contribution in [1.82, 2.24) is 20.3 Å². The Balaban J connectivity index is 1.80. The Morgan fingerprint density at radius 1 is 1.30 bits per heavy atom. The van der Waals surface area contributed by atoms with Gasteiger partial charge in [0.2, 0.25) is 5.82 Å². The minimum absolute atomic E-state index is 0.173. The van der Waals surface area contributed by atoms with Crippen molar-refractivity contribution in [3.63, 3.8) is 0 Å². The van der Waals surface area contributed by atoms with Crippen LogP contribution in [0.4, 0.5) is 0 Å². The fourth-order valence-corrected chi connectivity index (χ4v) is 2.36. The van der Waals surface area contributed by atoms with Crippen LogP contribution < -0.4 is 10.5 Å². The fourth-order valence-electron chi connectivity index (χ4n) is 1.74. The van der Waals surface area contributed by atoms with E-state index >= 15 is 0 Å². The number of hydrogen-bond donors (Lipinski definition) is 2. The number of H-pyrrole nitrogens is 1. The SMILES string of the molecule is NC(=O)COc1ccc(-c2noc(-c3n[nH]c(Br)c3Br)n2)cc1. The second-order valence-electron chi connectivity index (χ2n) is 4.40. The number of halogens is 2. The summed E-state index contributed by atoms with van der Waals surface area (Å²) in [5.41, 5.74) is 6.27. The van der Waals surface area contributed by atoms with Gasteiger partial charge in [-0.2, -0.15) is 10.1 Å². The Morgan fingerprint density at radius 2 is 2.04 bits per heavy atom. The van der Waals surface area contributed by atoms with Gasteiger partial charge >= 0.3 is 0 Å². The lowest BCUT2D eigenvalue weighted by Gasteiger charge is -2.03. The van der Waals surface area contributed by atoms with Gasteiger partial charge in [-0.1, -0.05) is 5.16 Å². The number of aromatic amines is 1. The number of nitrogens with two attached hydrogens (primary N) is 1. The smallest absolute Gasteiger partial charge is 0.279 e. The normalized spacial score (nSPS) is 10.7. The highest BCUT2D eigenvalue weighted by Crippen LogP contribution is 2.31. The van der Waals surface area contributed by atoms with Crippen LogP contribution in [0.1, 0.15) is 0 Å². The van der Waals surface area contributed by atoms with E-state index in [4.69, 9.17) is 15.0 Å². The number of carbonyl (C=O) groups is 1. The highest BCUT2D eigenvalue weighted by atomic mass is 79.9. The van der Waals surface area contributed by atoms with Crippen molar-refractivity contribution in [3.05, 3.63) is 33.3 Å². The van der Waals surface area contributed by atoms with Crippen molar-refractivity contribution in [3.8, 4) is 28.7 Å². The monoisotopic (exact) mass is 441 g/mol. The van der Waals surface area contributed by atoms with Gasteiger partial charge in [0.25, 0.3) is 11.8 Å². The number of nitrogens with zero attached hydrogens (tertiary/aromatic N) is 3. The number of aromatic nitrogens is 4. The number of benzene rings is 1. The maximum atomic E-state index is 10.7. The van der Waals surface area contributed by atoms with Crippen molar-refractivity contribution in [2.75, 3.05) is 6.61 Å². The van der Waals surface area contributed by atoms with Crippen molar-refractivity contribution < 1.29 is 14.1 Å². The number of rotatable bonds is 5. The molecule has 2 heterocycles. The molecule has 8 nitrogen and oxygen atoms in total. The van der Waals surface area contributed by atoms with Crippen LogP contribution in [0.2, 0.25) is 0 Å². The van der Waals surface area contributed by atoms with Crippen LogP contribution in [0, 0.1) is 0 Å². The molecule has 3 aromatic rings. The molecular weight excluding hydrogens is 434 g/mol. The van der Waals surface area contributed by atoms with Gasteiger partial charge in [-0.15, -0.1) is 0 Å². The Morgan fingerprint density at radius 3 is 2.65 bits per heavy atom. The van der Waals surface area contributed by atoms with Crippen LogP contribution >= 0.6 is 31.9 Å². The molecule has 2 aromatic heterocycles. The number of amides is 1. The van der Waals surface area contributed by atoms with Crippen molar-refractivity contribution in [2.24, 2.45) is 5.73 Å². The Kier molecular flexibility index (Phi) is 4.44. The average molecular weight is 443 g/mol. The summed E-state index contributed by atoms with van der Waals surface area (Å²) in [6.45, 7) is -0.173. The van der Waals surface area contributed by atoms with E-state index in [9.17, 15) is 4.79 Å². The summed E-state index contributed by atoms with van der Waals surface area (Å²) in [5, 5.41) is 10.7. The van der Waals surface area contributed by atoms with Gasteiger partial charge < -0.3 is 15.0 Å². The molecule has 0 bridgehead atoms. The summed E-state index contributed by atoms with van der Waals surface area (Å²) in [6.07, 6.45) is 0. The van der Waals surface area contributed by atoms with E-state index in [0.29, 0.717) is 26.3 Å². The molecule has 0 aliphatic carbocycles. The molecule has 0 spiro atoms. The molecule has 3 N–H and O–H groups in total. The van der Waals surface area contributed by atoms with Crippen molar-refractivity contribution in [1.29, 1.82) is 0 Å². The number of nitrogens with one attached hydrogen (secondary N) is 1. The summed E-state index contributed by atoms with van der Waals surface area (Å²) in [5.74, 6) is 0.679. The van der Waals surface area contributed by atoms with Crippen LogP contribution in [0.3, 0.4) is 0 Å². The maximum absolute atomic E-state index is 10.7. The number of ether oxygens (including phenoxy) is 1. The third-order valence-electron chi connectivity index (χ3n) is 2.79. The predicted octanol–water partition coefficient (Wildman–Crippen LogP) is 2.52.